The maximum absolute atomic E-state index is 12.0. The number of hydrogen-bond acceptors (Lipinski definition) is 5. The Morgan fingerprint density at radius 3 is 2.50 bits per heavy atom. The number of nitrogens with one attached hydrogen (secondary N) is 1. The van der Waals surface area contributed by atoms with Crippen LogP contribution < -0.4 is 4.74 Å². The second-order valence-corrected chi connectivity index (χ2v) is 5.97. The first-order valence-corrected chi connectivity index (χ1v) is 9.02. The van der Waals surface area contributed by atoms with Crippen LogP contribution in [0.2, 0.25) is 0 Å². The summed E-state index contributed by atoms with van der Waals surface area (Å²) in [6.45, 7) is 7.38. The molecule has 0 amide bonds. The summed E-state index contributed by atoms with van der Waals surface area (Å²) in [6, 6.07) is 5.62. The summed E-state index contributed by atoms with van der Waals surface area (Å²) in [6.07, 6.45) is -0.393. The lowest BCUT2D eigenvalue weighted by Gasteiger charge is -2.17. The van der Waals surface area contributed by atoms with Crippen LogP contribution in [0.3, 0.4) is 0 Å². The third kappa shape index (κ3) is 4.61. The minimum atomic E-state index is -0.393. The second-order valence-electron chi connectivity index (χ2n) is 4.89. The highest BCUT2D eigenvalue weighted by molar-refractivity contribution is 14.1. The lowest BCUT2D eigenvalue weighted by molar-refractivity contribution is -0.152. The number of esters is 1. The maximum atomic E-state index is 12.0. The molecule has 2 rings (SSSR count). The first-order chi connectivity index (χ1) is 11.6. The van der Waals surface area contributed by atoms with Crippen LogP contribution in [0.1, 0.15) is 31.3 Å². The third-order valence-electron chi connectivity index (χ3n) is 3.28. The molecule has 0 aliphatic heterocycles. The van der Waals surface area contributed by atoms with Gasteiger partial charge in [-0.25, -0.2) is 4.79 Å². The van der Waals surface area contributed by atoms with Crippen LogP contribution >= 0.6 is 22.6 Å². The van der Waals surface area contributed by atoms with E-state index in [1.54, 1.807) is 6.92 Å². The van der Waals surface area contributed by atoms with Crippen molar-refractivity contribution in [2.75, 3.05) is 26.4 Å². The Kier molecular flexibility index (Phi) is 7.32. The number of aromatic amines is 1. The van der Waals surface area contributed by atoms with Crippen molar-refractivity contribution >= 4 is 39.5 Å². The molecular weight excluding hydrogens is 425 g/mol. The number of ether oxygens (including phenoxy) is 4. The van der Waals surface area contributed by atoms with Crippen LogP contribution in [0.15, 0.2) is 18.2 Å². The fourth-order valence-electron chi connectivity index (χ4n) is 2.25. The standard InChI is InChI=1S/C17H22INO5/c1-4-21-14(22-5-2)10-24-11-7-8-13-12(9-11)15(18)16(19-13)17(20)23-6-3/h7-9,14,19H,4-6,10H2,1-3H3. The number of rotatable bonds is 9. The van der Waals surface area contributed by atoms with E-state index in [4.69, 9.17) is 18.9 Å². The molecule has 0 atom stereocenters. The molecule has 24 heavy (non-hydrogen) atoms. The Bertz CT molecular complexity index is 679. The lowest BCUT2D eigenvalue weighted by Crippen LogP contribution is -2.25. The summed E-state index contributed by atoms with van der Waals surface area (Å²) >= 11 is 2.14. The molecule has 1 N–H and O–H groups in total. The largest absolute Gasteiger partial charge is 0.488 e. The first kappa shape index (κ1) is 19.0. The highest BCUT2D eigenvalue weighted by atomic mass is 127. The van der Waals surface area contributed by atoms with Gasteiger partial charge in [0.2, 0.25) is 0 Å². The van der Waals surface area contributed by atoms with E-state index in [0.29, 0.717) is 37.9 Å². The average Bonchev–Trinajstić information content (AvgIpc) is 2.90. The van der Waals surface area contributed by atoms with Gasteiger partial charge < -0.3 is 23.9 Å². The van der Waals surface area contributed by atoms with Crippen molar-refractivity contribution < 1.29 is 23.7 Å². The third-order valence-corrected chi connectivity index (χ3v) is 4.40. The quantitative estimate of drug-likeness (QED) is 0.361. The number of benzene rings is 1. The smallest absolute Gasteiger partial charge is 0.355 e. The van der Waals surface area contributed by atoms with E-state index in [-0.39, 0.29) is 5.97 Å². The molecule has 1 aromatic carbocycles. The van der Waals surface area contributed by atoms with Crippen molar-refractivity contribution in [2.24, 2.45) is 0 Å². The first-order valence-electron chi connectivity index (χ1n) is 7.95. The van der Waals surface area contributed by atoms with Crippen LogP contribution in [0.4, 0.5) is 0 Å². The average molecular weight is 447 g/mol. The van der Waals surface area contributed by atoms with Gasteiger partial charge in [0.25, 0.3) is 0 Å². The molecule has 0 fully saturated rings. The fraction of sp³-hybridized carbons (Fsp3) is 0.471. The van der Waals surface area contributed by atoms with Gasteiger partial charge in [0.1, 0.15) is 18.1 Å². The van der Waals surface area contributed by atoms with E-state index in [2.05, 4.69) is 27.6 Å². The topological polar surface area (TPSA) is 69.8 Å². The normalized spacial score (nSPS) is 11.2. The van der Waals surface area contributed by atoms with E-state index in [9.17, 15) is 4.79 Å². The number of H-pyrrole nitrogens is 1. The Labute approximate surface area is 154 Å². The van der Waals surface area contributed by atoms with Crippen LogP contribution in [-0.4, -0.2) is 43.7 Å². The van der Waals surface area contributed by atoms with Gasteiger partial charge in [-0.15, -0.1) is 0 Å². The van der Waals surface area contributed by atoms with Gasteiger partial charge in [-0.1, -0.05) is 0 Å². The van der Waals surface area contributed by atoms with Crippen LogP contribution in [0, 0.1) is 3.57 Å². The van der Waals surface area contributed by atoms with Crippen molar-refractivity contribution in [1.29, 1.82) is 0 Å². The van der Waals surface area contributed by atoms with E-state index in [0.717, 1.165) is 14.5 Å². The van der Waals surface area contributed by atoms with E-state index in [1.807, 2.05) is 32.0 Å². The molecule has 6 nitrogen and oxygen atoms in total. The molecular formula is C17H22INO5. The number of carbonyl (C=O) groups is 1. The molecule has 0 unspecified atom stereocenters. The van der Waals surface area contributed by atoms with Gasteiger partial charge in [0.15, 0.2) is 6.29 Å². The fourth-order valence-corrected chi connectivity index (χ4v) is 3.05. The highest BCUT2D eigenvalue weighted by Gasteiger charge is 2.17. The minimum Gasteiger partial charge on any atom is -0.488 e. The van der Waals surface area contributed by atoms with Crippen molar-refractivity contribution in [3.05, 3.63) is 27.5 Å². The summed E-state index contributed by atoms with van der Waals surface area (Å²) < 4.78 is 22.6. The number of carbonyl (C=O) groups excluding carboxylic acids is 1. The summed E-state index contributed by atoms with van der Waals surface area (Å²) in [7, 11) is 0. The van der Waals surface area contributed by atoms with Crippen molar-refractivity contribution in [1.82, 2.24) is 4.98 Å². The Balaban J connectivity index is 2.15. The Morgan fingerprint density at radius 1 is 1.17 bits per heavy atom. The molecule has 1 aromatic heterocycles. The molecule has 2 aromatic rings. The van der Waals surface area contributed by atoms with E-state index < -0.39 is 6.29 Å². The number of aromatic nitrogens is 1. The van der Waals surface area contributed by atoms with Crippen LogP contribution in [0.25, 0.3) is 10.9 Å². The molecule has 1 heterocycles. The summed E-state index contributed by atoms with van der Waals surface area (Å²) in [5.41, 5.74) is 1.33. The molecule has 0 aliphatic carbocycles. The number of hydrogen-bond donors (Lipinski definition) is 1. The molecule has 0 bridgehead atoms. The molecule has 0 spiro atoms. The molecule has 0 saturated carbocycles. The molecule has 0 radical (unpaired) electrons. The van der Waals surface area contributed by atoms with Gasteiger partial charge in [0, 0.05) is 24.1 Å². The monoisotopic (exact) mass is 447 g/mol. The minimum absolute atomic E-state index is 0.304. The van der Waals surface area contributed by atoms with Gasteiger partial charge in [0.05, 0.1) is 10.2 Å². The Morgan fingerprint density at radius 2 is 1.88 bits per heavy atom. The number of halogens is 1. The zero-order chi connectivity index (χ0) is 17.5. The predicted octanol–water partition coefficient (Wildman–Crippen LogP) is 3.73. The van der Waals surface area contributed by atoms with Gasteiger partial charge in [-0.3, -0.25) is 0 Å². The number of fused-ring (bicyclic) bond motifs is 1. The SMILES string of the molecule is CCOC(=O)c1[nH]c2ccc(OCC(OCC)OCC)cc2c1I. The summed E-state index contributed by atoms with van der Waals surface area (Å²) in [4.78, 5) is 15.1. The lowest BCUT2D eigenvalue weighted by atomic mass is 10.2. The van der Waals surface area contributed by atoms with E-state index in [1.165, 1.54) is 0 Å². The van der Waals surface area contributed by atoms with Crippen LogP contribution in [0.5, 0.6) is 5.75 Å². The van der Waals surface area contributed by atoms with Crippen molar-refractivity contribution in [2.45, 2.75) is 27.1 Å². The highest BCUT2D eigenvalue weighted by Crippen LogP contribution is 2.28. The van der Waals surface area contributed by atoms with Gasteiger partial charge in [-0.05, 0) is 61.6 Å². The molecule has 132 valence electrons. The zero-order valence-corrected chi connectivity index (χ0v) is 16.2. The molecule has 0 aliphatic rings. The van der Waals surface area contributed by atoms with Crippen LogP contribution in [-0.2, 0) is 14.2 Å². The zero-order valence-electron chi connectivity index (χ0n) is 14.1. The van der Waals surface area contributed by atoms with Gasteiger partial charge in [-0.2, -0.15) is 0 Å². The predicted molar refractivity (Wildman–Crippen MR) is 99.5 cm³/mol. The van der Waals surface area contributed by atoms with E-state index >= 15 is 0 Å². The second kappa shape index (κ2) is 9.24. The Hall–Kier alpha value is -1.32. The van der Waals surface area contributed by atoms with Crippen molar-refractivity contribution in [3.63, 3.8) is 0 Å². The molecule has 0 saturated heterocycles. The maximum Gasteiger partial charge on any atom is 0.355 e. The molecule has 7 heteroatoms. The van der Waals surface area contributed by atoms with Gasteiger partial charge >= 0.3 is 5.97 Å². The summed E-state index contributed by atoms with van der Waals surface area (Å²) in [5, 5.41) is 0.917. The summed E-state index contributed by atoms with van der Waals surface area (Å²) in [5.74, 6) is 0.340. The van der Waals surface area contributed by atoms with Crippen molar-refractivity contribution in [3.8, 4) is 5.75 Å².